The molecule has 16 nitrogen and oxygen atoms in total. The number of hydrogen-bond donors (Lipinski definition) is 0. The molecule has 0 aliphatic carbocycles. The molecule has 2 aliphatic heterocycles. The number of methoxy groups -OCH3 is 2. The second-order valence-corrected chi connectivity index (χ2v) is 12.2. The van der Waals surface area contributed by atoms with Crippen LogP contribution in [-0.4, -0.2) is 123 Å². The van der Waals surface area contributed by atoms with Crippen LogP contribution in [0.15, 0.2) is 0 Å². The fourth-order valence-electron chi connectivity index (χ4n) is 4.45. The third-order valence-corrected chi connectivity index (χ3v) is 9.33. The molecule has 0 spiro atoms. The van der Waals surface area contributed by atoms with Crippen LogP contribution in [0.4, 0.5) is 0 Å². The van der Waals surface area contributed by atoms with Crippen molar-refractivity contribution in [1.82, 2.24) is 0 Å². The van der Waals surface area contributed by atoms with Gasteiger partial charge >= 0.3 is 35.8 Å². The molecule has 0 aromatic heterocycles. The van der Waals surface area contributed by atoms with Crippen LogP contribution >= 0.6 is 21.6 Å². The molecule has 2 aliphatic rings. The van der Waals surface area contributed by atoms with E-state index >= 15 is 0 Å². The number of hydrogen-bond acceptors (Lipinski definition) is 18. The fourth-order valence-corrected chi connectivity index (χ4v) is 8.06. The zero-order valence-electron chi connectivity index (χ0n) is 25.5. The highest BCUT2D eigenvalue weighted by Gasteiger charge is 2.54. The summed E-state index contributed by atoms with van der Waals surface area (Å²) in [5, 5.41) is -1.89. The summed E-state index contributed by atoms with van der Waals surface area (Å²) in [4.78, 5) is 71.8. The summed E-state index contributed by atoms with van der Waals surface area (Å²) in [6.45, 7) is 6.38. The Balaban J connectivity index is 2.58. The molecule has 0 radical (unpaired) electrons. The first kappa shape index (κ1) is 37.5. The van der Waals surface area contributed by atoms with Crippen molar-refractivity contribution in [3.63, 3.8) is 0 Å². The van der Waals surface area contributed by atoms with E-state index in [4.69, 9.17) is 47.4 Å². The van der Waals surface area contributed by atoms with Gasteiger partial charge in [-0.3, -0.25) is 28.8 Å². The normalized spacial score (nSPS) is 31.6. The third kappa shape index (κ3) is 11.1. The number of carbonyl (C=O) groups excluding carboxylic acids is 6. The Morgan fingerprint density at radius 3 is 1.05 bits per heavy atom. The van der Waals surface area contributed by atoms with Crippen LogP contribution in [-0.2, 0) is 76.1 Å². The highest BCUT2D eigenvalue weighted by Crippen LogP contribution is 2.46. The molecule has 0 amide bonds. The molecule has 44 heavy (non-hydrogen) atoms. The first-order valence-electron chi connectivity index (χ1n) is 13.3. The molecule has 0 unspecified atom stereocenters. The van der Waals surface area contributed by atoms with Crippen LogP contribution in [0.2, 0.25) is 0 Å². The van der Waals surface area contributed by atoms with Gasteiger partial charge in [0.05, 0.1) is 10.5 Å². The van der Waals surface area contributed by atoms with Crippen molar-refractivity contribution in [2.45, 2.75) is 101 Å². The predicted octanol–water partition coefficient (Wildman–Crippen LogP) is 0.701. The van der Waals surface area contributed by atoms with Crippen molar-refractivity contribution in [3.8, 4) is 0 Å². The van der Waals surface area contributed by atoms with Gasteiger partial charge in [-0.15, -0.1) is 0 Å². The summed E-state index contributed by atoms with van der Waals surface area (Å²) in [6.07, 6.45) is -9.12. The quantitative estimate of drug-likeness (QED) is 0.151. The molecule has 0 saturated carbocycles. The smallest absolute Gasteiger partial charge is 0.303 e. The Hall–Kier alpha value is -2.64. The monoisotopic (exact) mass is 670 g/mol. The lowest BCUT2D eigenvalue weighted by Crippen LogP contribution is -2.61. The van der Waals surface area contributed by atoms with Crippen LogP contribution in [0.25, 0.3) is 0 Å². The van der Waals surface area contributed by atoms with Crippen LogP contribution in [0.1, 0.15) is 41.5 Å². The van der Waals surface area contributed by atoms with Crippen molar-refractivity contribution < 1.29 is 76.1 Å². The molecule has 18 heteroatoms. The zero-order chi connectivity index (χ0) is 33.1. The fraction of sp³-hybridized carbons (Fsp3) is 0.769. The number of carbonyl (C=O) groups is 6. The van der Waals surface area contributed by atoms with Crippen LogP contribution < -0.4 is 0 Å². The Bertz CT molecular complexity index is 960. The zero-order valence-corrected chi connectivity index (χ0v) is 27.2. The van der Waals surface area contributed by atoms with E-state index in [1.807, 2.05) is 0 Å². The van der Waals surface area contributed by atoms with E-state index in [2.05, 4.69) is 0 Å². The molecular weight excluding hydrogens is 632 g/mol. The highest BCUT2D eigenvalue weighted by atomic mass is 33.1. The number of ether oxygens (including phenoxy) is 10. The molecule has 2 fully saturated rings. The van der Waals surface area contributed by atoms with Gasteiger partial charge in [-0.1, -0.05) is 21.6 Å². The van der Waals surface area contributed by atoms with Gasteiger partial charge in [0.2, 0.25) is 0 Å². The van der Waals surface area contributed by atoms with Gasteiger partial charge in [-0.05, 0) is 0 Å². The minimum absolute atomic E-state index is 0.332. The Labute approximate surface area is 262 Å². The lowest BCUT2D eigenvalue weighted by molar-refractivity contribution is -0.268. The van der Waals surface area contributed by atoms with Gasteiger partial charge in [-0.25, -0.2) is 0 Å². The van der Waals surface area contributed by atoms with Gasteiger partial charge in [-0.2, -0.15) is 0 Å². The topological polar surface area (TPSA) is 195 Å². The van der Waals surface area contributed by atoms with Crippen molar-refractivity contribution in [2.24, 2.45) is 0 Å². The van der Waals surface area contributed by atoms with Crippen LogP contribution in [0.5, 0.6) is 0 Å². The molecule has 250 valence electrons. The maximum Gasteiger partial charge on any atom is 0.303 e. The average molecular weight is 671 g/mol. The second-order valence-electron chi connectivity index (χ2n) is 9.58. The summed E-state index contributed by atoms with van der Waals surface area (Å²) < 4.78 is 55.2. The second kappa shape index (κ2) is 17.7. The first-order chi connectivity index (χ1) is 20.7. The lowest BCUT2D eigenvalue weighted by atomic mass is 10.0. The largest absolute Gasteiger partial charge is 0.463 e. The first-order valence-corrected chi connectivity index (χ1v) is 15.6. The van der Waals surface area contributed by atoms with Crippen molar-refractivity contribution in [1.29, 1.82) is 0 Å². The van der Waals surface area contributed by atoms with E-state index in [1.165, 1.54) is 41.9 Å². The molecule has 0 bridgehead atoms. The minimum atomic E-state index is -1.18. The van der Waals surface area contributed by atoms with E-state index in [0.717, 1.165) is 35.4 Å². The predicted molar refractivity (Wildman–Crippen MR) is 150 cm³/mol. The summed E-state index contributed by atoms with van der Waals surface area (Å²) in [5.41, 5.74) is 0. The van der Waals surface area contributed by atoms with Gasteiger partial charge in [0.1, 0.15) is 37.6 Å². The van der Waals surface area contributed by atoms with Crippen LogP contribution in [0, 0.1) is 0 Å². The van der Waals surface area contributed by atoms with Gasteiger partial charge in [0, 0.05) is 55.8 Å². The van der Waals surface area contributed by atoms with E-state index in [0.29, 0.717) is 0 Å². The highest BCUT2D eigenvalue weighted by molar-refractivity contribution is 8.77. The molecule has 2 rings (SSSR count). The SMILES string of the molecule is CO[C@@H]1O[C@H](COC(C)=O)[C@H](OC(C)=O)[C@H](SS[C@H]2[C@@H](OC(C)=O)[C@@H](COC(C)=O)O[C@@H](OC)[C@@H]2OC(C)=O)[C@H]1OC(C)=O. The van der Waals surface area contributed by atoms with E-state index < -0.39 is 95.5 Å². The summed E-state index contributed by atoms with van der Waals surface area (Å²) in [5.74, 6) is -4.04. The Morgan fingerprint density at radius 2 is 0.795 bits per heavy atom. The lowest BCUT2D eigenvalue weighted by Gasteiger charge is -2.46. The molecule has 10 atom stereocenters. The molecular formula is C26H38O16S2. The molecule has 0 aromatic rings. The molecule has 0 N–H and O–H groups in total. The summed E-state index contributed by atoms with van der Waals surface area (Å²) >= 11 is 0. The van der Waals surface area contributed by atoms with Gasteiger partial charge in [0.25, 0.3) is 0 Å². The van der Waals surface area contributed by atoms with E-state index in [9.17, 15) is 28.8 Å². The van der Waals surface area contributed by atoms with Crippen molar-refractivity contribution in [2.75, 3.05) is 27.4 Å². The maximum absolute atomic E-state index is 12.2. The van der Waals surface area contributed by atoms with E-state index in [-0.39, 0.29) is 13.2 Å². The van der Waals surface area contributed by atoms with Gasteiger partial charge in [0.15, 0.2) is 24.8 Å². The minimum Gasteiger partial charge on any atom is -0.463 e. The number of esters is 6. The maximum atomic E-state index is 12.2. The van der Waals surface area contributed by atoms with E-state index in [1.54, 1.807) is 0 Å². The average Bonchev–Trinajstić information content (AvgIpc) is 2.91. The Morgan fingerprint density at radius 1 is 0.500 bits per heavy atom. The van der Waals surface area contributed by atoms with Crippen molar-refractivity contribution >= 4 is 57.4 Å². The molecule has 2 saturated heterocycles. The van der Waals surface area contributed by atoms with Crippen molar-refractivity contribution in [3.05, 3.63) is 0 Å². The summed E-state index contributed by atoms with van der Waals surface area (Å²) in [6, 6.07) is 0. The standard InChI is InChI=1S/C26H38O16S2/c1-11(27)35-9-17-19(37-13(3)29)23(21(39-15(5)31)25(33-7)41-17)43-44-24-20(38-14(4)30)18(10-36-12(2)28)42-26(34-8)22(24)40-16(6)32/h17-26H,9-10H2,1-8H3/t17-,18-,19+,20+,21-,22-,23+,24+,25-,26-/m1/s1. The van der Waals surface area contributed by atoms with Gasteiger partial charge < -0.3 is 47.4 Å². The third-order valence-electron chi connectivity index (χ3n) is 6.03. The molecule has 0 aromatic carbocycles. The Kier molecular flexibility index (Phi) is 15.1. The van der Waals surface area contributed by atoms with Crippen LogP contribution in [0.3, 0.4) is 0 Å². The molecule has 2 heterocycles. The number of rotatable bonds is 13. The summed E-state index contributed by atoms with van der Waals surface area (Å²) in [7, 11) is 4.65.